The zero-order chi connectivity index (χ0) is 16.0. The molecule has 116 valence electrons. The molecule has 0 aliphatic rings. The van der Waals surface area contributed by atoms with Gasteiger partial charge in [0, 0.05) is 0 Å². The highest BCUT2D eigenvalue weighted by Gasteiger charge is 2.31. The molecule has 0 spiro atoms. The van der Waals surface area contributed by atoms with E-state index in [4.69, 9.17) is 5.11 Å². The molecule has 0 saturated carbocycles. The minimum Gasteiger partial charge on any atom is -0.480 e. The summed E-state index contributed by atoms with van der Waals surface area (Å²) in [5.74, 6) is -2.72. The van der Waals surface area contributed by atoms with Gasteiger partial charge in [0.25, 0.3) is 0 Å². The van der Waals surface area contributed by atoms with E-state index < -0.39 is 36.7 Å². The zero-order valence-corrected chi connectivity index (χ0v) is 10.5. The van der Waals surface area contributed by atoms with Crippen LogP contribution < -0.4 is 10.1 Å². The van der Waals surface area contributed by atoms with Crippen LogP contribution in [0.25, 0.3) is 0 Å². The van der Waals surface area contributed by atoms with E-state index in [0.29, 0.717) is 5.56 Å². The summed E-state index contributed by atoms with van der Waals surface area (Å²) in [5.41, 5.74) is 0.324. The SMILES string of the molecule is O=C(Cc1ccc(OC(F)(F)F)cc1)NC(CF)C(=O)O. The number of rotatable bonds is 6. The first-order valence-corrected chi connectivity index (χ1v) is 5.64. The predicted octanol–water partition coefficient (Wildman–Crippen LogP) is 1.67. The van der Waals surface area contributed by atoms with E-state index in [2.05, 4.69) is 4.74 Å². The molecule has 1 aromatic carbocycles. The third-order valence-corrected chi connectivity index (χ3v) is 2.31. The van der Waals surface area contributed by atoms with Crippen LogP contribution in [0.2, 0.25) is 0 Å². The second-order valence-corrected chi connectivity index (χ2v) is 3.98. The van der Waals surface area contributed by atoms with Crippen molar-refractivity contribution in [3.05, 3.63) is 29.8 Å². The van der Waals surface area contributed by atoms with Crippen molar-refractivity contribution < 1.29 is 37.0 Å². The molecule has 1 rings (SSSR count). The van der Waals surface area contributed by atoms with Crippen LogP contribution in [0.15, 0.2) is 24.3 Å². The van der Waals surface area contributed by atoms with Gasteiger partial charge in [0.2, 0.25) is 5.91 Å². The summed E-state index contributed by atoms with van der Waals surface area (Å²) in [6, 6.07) is 2.81. The smallest absolute Gasteiger partial charge is 0.480 e. The van der Waals surface area contributed by atoms with Crippen LogP contribution in [0, 0.1) is 0 Å². The van der Waals surface area contributed by atoms with Crippen molar-refractivity contribution in [2.75, 3.05) is 6.67 Å². The van der Waals surface area contributed by atoms with E-state index in [1.807, 2.05) is 5.32 Å². The number of carbonyl (C=O) groups excluding carboxylic acids is 1. The van der Waals surface area contributed by atoms with Gasteiger partial charge >= 0.3 is 12.3 Å². The molecule has 0 heterocycles. The van der Waals surface area contributed by atoms with Crippen LogP contribution in [-0.2, 0) is 16.0 Å². The molecule has 1 aromatic rings. The van der Waals surface area contributed by atoms with E-state index in [9.17, 15) is 27.2 Å². The molecule has 21 heavy (non-hydrogen) atoms. The molecule has 0 aliphatic heterocycles. The molecule has 0 saturated heterocycles. The third-order valence-electron chi connectivity index (χ3n) is 2.31. The number of alkyl halides is 4. The Morgan fingerprint density at radius 3 is 2.24 bits per heavy atom. The molecule has 0 aromatic heterocycles. The van der Waals surface area contributed by atoms with Crippen molar-refractivity contribution in [2.45, 2.75) is 18.8 Å². The lowest BCUT2D eigenvalue weighted by atomic mass is 10.1. The van der Waals surface area contributed by atoms with Gasteiger partial charge in [-0.2, -0.15) is 0 Å². The average Bonchev–Trinajstić information content (AvgIpc) is 2.36. The molecule has 0 radical (unpaired) electrons. The molecule has 0 bridgehead atoms. The third kappa shape index (κ3) is 6.11. The zero-order valence-electron chi connectivity index (χ0n) is 10.5. The quantitative estimate of drug-likeness (QED) is 0.784. The van der Waals surface area contributed by atoms with Crippen LogP contribution in [0.1, 0.15) is 5.56 Å². The topological polar surface area (TPSA) is 75.6 Å². The van der Waals surface area contributed by atoms with Crippen LogP contribution >= 0.6 is 0 Å². The fourth-order valence-corrected chi connectivity index (χ4v) is 1.41. The number of ether oxygens (including phenoxy) is 1. The number of benzene rings is 1. The van der Waals surface area contributed by atoms with Crippen molar-refractivity contribution in [2.24, 2.45) is 0 Å². The fraction of sp³-hybridized carbons (Fsp3) is 0.333. The van der Waals surface area contributed by atoms with E-state index >= 15 is 0 Å². The number of carbonyl (C=O) groups is 2. The van der Waals surface area contributed by atoms with Gasteiger partial charge < -0.3 is 15.2 Å². The molecular weight excluding hydrogens is 298 g/mol. The van der Waals surface area contributed by atoms with Crippen molar-refractivity contribution in [1.82, 2.24) is 5.32 Å². The van der Waals surface area contributed by atoms with Gasteiger partial charge in [-0.3, -0.25) is 4.79 Å². The molecule has 2 N–H and O–H groups in total. The van der Waals surface area contributed by atoms with Gasteiger partial charge in [-0.25, -0.2) is 9.18 Å². The number of carboxylic acid groups (broad SMARTS) is 1. The highest BCUT2D eigenvalue weighted by atomic mass is 19.4. The van der Waals surface area contributed by atoms with Crippen LogP contribution in [0.4, 0.5) is 17.6 Å². The summed E-state index contributed by atoms with van der Waals surface area (Å²) in [5, 5.41) is 10.5. The van der Waals surface area contributed by atoms with Crippen LogP contribution in [0.3, 0.4) is 0 Å². The Balaban J connectivity index is 2.59. The van der Waals surface area contributed by atoms with Crippen molar-refractivity contribution in [3.63, 3.8) is 0 Å². The molecule has 1 amide bonds. The lowest BCUT2D eigenvalue weighted by Gasteiger charge is -2.11. The Labute approximate surface area is 116 Å². The minimum atomic E-state index is -4.81. The number of aliphatic carboxylic acids is 1. The van der Waals surface area contributed by atoms with Gasteiger partial charge in [-0.15, -0.1) is 13.2 Å². The molecule has 1 atom stereocenters. The van der Waals surface area contributed by atoms with Gasteiger partial charge in [-0.05, 0) is 17.7 Å². The monoisotopic (exact) mass is 309 g/mol. The summed E-state index contributed by atoms with van der Waals surface area (Å²) in [4.78, 5) is 22.0. The van der Waals surface area contributed by atoms with E-state index in [-0.39, 0.29) is 6.42 Å². The lowest BCUT2D eigenvalue weighted by molar-refractivity contribution is -0.274. The maximum atomic E-state index is 12.3. The molecule has 0 aliphatic carbocycles. The summed E-state index contributed by atoms with van der Waals surface area (Å²) in [6.07, 6.45) is -5.11. The number of nitrogens with one attached hydrogen (secondary N) is 1. The molecule has 1 unspecified atom stereocenters. The number of hydrogen-bond acceptors (Lipinski definition) is 3. The highest BCUT2D eigenvalue weighted by molar-refractivity contribution is 5.84. The molecule has 9 heteroatoms. The molecule has 0 fully saturated rings. The van der Waals surface area contributed by atoms with E-state index in [1.54, 1.807) is 0 Å². The number of carboxylic acids is 1. The Hall–Kier alpha value is -2.32. The van der Waals surface area contributed by atoms with Gasteiger partial charge in [-0.1, -0.05) is 12.1 Å². The van der Waals surface area contributed by atoms with E-state index in [0.717, 1.165) is 12.1 Å². The second kappa shape index (κ2) is 6.91. The second-order valence-electron chi connectivity index (χ2n) is 3.98. The lowest BCUT2D eigenvalue weighted by Crippen LogP contribution is -2.43. The fourth-order valence-electron chi connectivity index (χ4n) is 1.41. The number of halogens is 4. The normalized spacial score (nSPS) is 12.6. The van der Waals surface area contributed by atoms with Crippen LogP contribution in [0.5, 0.6) is 5.75 Å². The largest absolute Gasteiger partial charge is 0.573 e. The summed E-state index contributed by atoms with van der Waals surface area (Å²) in [7, 11) is 0. The maximum Gasteiger partial charge on any atom is 0.573 e. The van der Waals surface area contributed by atoms with Crippen LogP contribution in [-0.4, -0.2) is 36.1 Å². The Morgan fingerprint density at radius 2 is 1.81 bits per heavy atom. The Morgan fingerprint density at radius 1 is 1.24 bits per heavy atom. The molecule has 5 nitrogen and oxygen atoms in total. The van der Waals surface area contributed by atoms with Crippen molar-refractivity contribution in [3.8, 4) is 5.75 Å². The first-order valence-electron chi connectivity index (χ1n) is 5.64. The van der Waals surface area contributed by atoms with Crippen molar-refractivity contribution in [1.29, 1.82) is 0 Å². The Bertz CT molecular complexity index is 501. The summed E-state index contributed by atoms with van der Waals surface area (Å²) >= 11 is 0. The van der Waals surface area contributed by atoms with Gasteiger partial charge in [0.05, 0.1) is 6.42 Å². The minimum absolute atomic E-state index is 0.296. The van der Waals surface area contributed by atoms with Gasteiger partial charge in [0.1, 0.15) is 12.4 Å². The van der Waals surface area contributed by atoms with Crippen molar-refractivity contribution >= 4 is 11.9 Å². The summed E-state index contributed by atoms with van der Waals surface area (Å²) in [6.45, 7) is -1.26. The number of amides is 1. The number of hydrogen-bond donors (Lipinski definition) is 2. The standard InChI is InChI=1S/C12H11F4NO4/c13-6-9(11(19)20)17-10(18)5-7-1-3-8(4-2-7)21-12(14,15)16/h1-4,9H,5-6H2,(H,17,18)(H,19,20). The first kappa shape index (κ1) is 16.7. The highest BCUT2D eigenvalue weighted by Crippen LogP contribution is 2.22. The molecular formula is C12H11F4NO4. The average molecular weight is 309 g/mol. The maximum absolute atomic E-state index is 12.3. The van der Waals surface area contributed by atoms with Gasteiger partial charge in [0.15, 0.2) is 6.04 Å². The predicted molar refractivity (Wildman–Crippen MR) is 62.4 cm³/mol. The summed E-state index contributed by atoms with van der Waals surface area (Å²) < 4.78 is 51.7. The first-order chi connectivity index (χ1) is 9.71. The Kier molecular flexibility index (Phi) is 5.51. The van der Waals surface area contributed by atoms with E-state index in [1.165, 1.54) is 12.1 Å².